The number of carbonyl (C=O) groups is 3. The molecule has 1 fully saturated rings. The van der Waals surface area contributed by atoms with Crippen molar-refractivity contribution in [2.75, 3.05) is 23.5 Å². The second-order valence-corrected chi connectivity index (χ2v) is 5.33. The van der Waals surface area contributed by atoms with Gasteiger partial charge < -0.3 is 20.1 Å². The first kappa shape index (κ1) is 15.1. The van der Waals surface area contributed by atoms with E-state index >= 15 is 0 Å². The Morgan fingerprint density at radius 2 is 2.09 bits per heavy atom. The van der Waals surface area contributed by atoms with E-state index in [0.29, 0.717) is 0 Å². The minimum atomic E-state index is -1.12. The molecule has 0 aliphatic carbocycles. The molecule has 0 aromatic heterocycles. The van der Waals surface area contributed by atoms with Crippen molar-refractivity contribution in [1.29, 1.82) is 0 Å². The number of primary amides is 1. The fourth-order valence-electron chi connectivity index (χ4n) is 2.70. The van der Waals surface area contributed by atoms with Gasteiger partial charge in [0.25, 0.3) is 11.8 Å². The Balaban J connectivity index is 2.02. The number of amides is 3. The summed E-state index contributed by atoms with van der Waals surface area (Å²) in [5, 5.41) is 0. The minimum Gasteiger partial charge on any atom is -0.481 e. The van der Waals surface area contributed by atoms with Gasteiger partial charge in [-0.05, 0) is 6.92 Å². The van der Waals surface area contributed by atoms with E-state index in [9.17, 15) is 18.8 Å². The van der Waals surface area contributed by atoms with Crippen LogP contribution in [0.1, 0.15) is 6.92 Å². The molecule has 8 nitrogen and oxygen atoms in total. The fraction of sp³-hybridized carbons (Fsp3) is 0.357. The number of nitrogens with zero attached hydrogens (tertiary/aromatic N) is 2. The topological polar surface area (TPSA) is 102 Å². The van der Waals surface area contributed by atoms with Crippen LogP contribution in [0.4, 0.5) is 20.6 Å². The molecule has 2 aliphatic heterocycles. The van der Waals surface area contributed by atoms with Gasteiger partial charge in [-0.3, -0.25) is 14.5 Å². The van der Waals surface area contributed by atoms with Gasteiger partial charge >= 0.3 is 6.09 Å². The molecule has 1 aromatic rings. The van der Waals surface area contributed by atoms with Crippen LogP contribution in [0.15, 0.2) is 12.1 Å². The zero-order chi connectivity index (χ0) is 16.9. The Kier molecular flexibility index (Phi) is 3.35. The van der Waals surface area contributed by atoms with Gasteiger partial charge in [0.1, 0.15) is 11.4 Å². The first-order valence-electron chi connectivity index (χ1n) is 6.83. The summed E-state index contributed by atoms with van der Waals surface area (Å²) in [6, 6.07) is 1.81. The largest absolute Gasteiger partial charge is 0.481 e. The minimum absolute atomic E-state index is 0.00308. The lowest BCUT2D eigenvalue weighted by atomic mass is 10.1. The van der Waals surface area contributed by atoms with Crippen molar-refractivity contribution in [2.24, 2.45) is 5.73 Å². The van der Waals surface area contributed by atoms with Crippen LogP contribution in [0.25, 0.3) is 0 Å². The number of rotatable bonds is 2. The smallest absolute Gasteiger partial charge is 0.415 e. The predicted octanol–water partition coefficient (Wildman–Crippen LogP) is 0.380. The molecule has 1 saturated heterocycles. The molecule has 1 aromatic carbocycles. The SMILES string of the molecule is CC1[C@H](C(N)=O)OC(=O)N1c1cc(F)c2c(c1)OCC(=O)N2C. The van der Waals surface area contributed by atoms with E-state index in [-0.39, 0.29) is 29.6 Å². The van der Waals surface area contributed by atoms with Crippen molar-refractivity contribution in [2.45, 2.75) is 19.1 Å². The summed E-state index contributed by atoms with van der Waals surface area (Å²) < 4.78 is 24.5. The van der Waals surface area contributed by atoms with Crippen molar-refractivity contribution in [1.82, 2.24) is 0 Å². The average Bonchev–Trinajstić information content (AvgIpc) is 2.77. The van der Waals surface area contributed by atoms with Gasteiger partial charge in [-0.2, -0.15) is 0 Å². The molecule has 122 valence electrons. The second kappa shape index (κ2) is 5.11. The maximum atomic E-state index is 14.4. The molecule has 2 atom stereocenters. The van der Waals surface area contributed by atoms with Gasteiger partial charge in [-0.25, -0.2) is 9.18 Å². The molecule has 2 aliphatic rings. The third-order valence-corrected chi connectivity index (χ3v) is 3.90. The van der Waals surface area contributed by atoms with Gasteiger partial charge in [0, 0.05) is 19.2 Å². The average molecular weight is 323 g/mol. The number of hydrogen-bond donors (Lipinski definition) is 1. The monoisotopic (exact) mass is 323 g/mol. The summed E-state index contributed by atoms with van der Waals surface area (Å²) in [5.74, 6) is -1.76. The molecule has 23 heavy (non-hydrogen) atoms. The number of halogens is 1. The number of cyclic esters (lactones) is 1. The van der Waals surface area contributed by atoms with E-state index in [4.69, 9.17) is 15.2 Å². The molecule has 3 amide bonds. The van der Waals surface area contributed by atoms with Crippen molar-refractivity contribution in [3.05, 3.63) is 17.9 Å². The number of hydrogen-bond acceptors (Lipinski definition) is 5. The molecule has 0 spiro atoms. The third-order valence-electron chi connectivity index (χ3n) is 3.90. The van der Waals surface area contributed by atoms with E-state index in [1.807, 2.05) is 0 Å². The van der Waals surface area contributed by atoms with Crippen LogP contribution in [-0.4, -0.2) is 43.7 Å². The quantitative estimate of drug-likeness (QED) is 0.847. The number of ether oxygens (including phenoxy) is 2. The Morgan fingerprint density at radius 3 is 2.70 bits per heavy atom. The number of nitrogens with two attached hydrogens (primary N) is 1. The molecular formula is C14H14FN3O5. The summed E-state index contributed by atoms with van der Waals surface area (Å²) in [7, 11) is 1.43. The highest BCUT2D eigenvalue weighted by Gasteiger charge is 2.43. The van der Waals surface area contributed by atoms with Crippen molar-refractivity contribution in [3.63, 3.8) is 0 Å². The lowest BCUT2D eigenvalue weighted by Crippen LogP contribution is -2.41. The van der Waals surface area contributed by atoms with Gasteiger partial charge in [0.2, 0.25) is 6.10 Å². The van der Waals surface area contributed by atoms with E-state index in [2.05, 4.69) is 0 Å². The first-order valence-corrected chi connectivity index (χ1v) is 6.83. The first-order chi connectivity index (χ1) is 10.8. The van der Waals surface area contributed by atoms with E-state index in [0.717, 1.165) is 15.9 Å². The zero-order valence-electron chi connectivity index (χ0n) is 12.4. The number of fused-ring (bicyclic) bond motifs is 1. The maximum absolute atomic E-state index is 14.4. The van der Waals surface area contributed by atoms with Crippen LogP contribution >= 0.6 is 0 Å². The maximum Gasteiger partial charge on any atom is 0.415 e. The van der Waals surface area contributed by atoms with E-state index in [1.54, 1.807) is 6.92 Å². The van der Waals surface area contributed by atoms with E-state index in [1.165, 1.54) is 13.1 Å². The fourth-order valence-corrected chi connectivity index (χ4v) is 2.70. The third kappa shape index (κ3) is 2.24. The number of anilines is 2. The van der Waals surface area contributed by atoms with Crippen molar-refractivity contribution >= 4 is 29.3 Å². The van der Waals surface area contributed by atoms with Crippen molar-refractivity contribution < 1.29 is 28.2 Å². The Bertz CT molecular complexity index is 723. The molecule has 2 heterocycles. The summed E-state index contributed by atoms with van der Waals surface area (Å²) in [6.07, 6.45) is -1.92. The highest BCUT2D eigenvalue weighted by molar-refractivity contribution is 6.00. The molecular weight excluding hydrogens is 309 g/mol. The molecule has 9 heteroatoms. The second-order valence-electron chi connectivity index (χ2n) is 5.33. The van der Waals surface area contributed by atoms with Gasteiger partial charge in [0.05, 0.1) is 11.7 Å². The molecule has 0 saturated carbocycles. The standard InChI is InChI=1S/C14H14FN3O5/c1-6-12(13(16)20)23-14(21)18(6)7-3-8(15)11-9(4-7)22-5-10(19)17(11)2/h3-4,6,12H,5H2,1-2H3,(H2,16,20)/t6?,12-/m1/s1. The van der Waals surface area contributed by atoms with Gasteiger partial charge in [-0.15, -0.1) is 0 Å². The van der Waals surface area contributed by atoms with Crippen LogP contribution in [-0.2, 0) is 14.3 Å². The van der Waals surface area contributed by atoms with Crippen LogP contribution in [0.2, 0.25) is 0 Å². The highest BCUT2D eigenvalue weighted by atomic mass is 19.1. The Morgan fingerprint density at radius 1 is 1.39 bits per heavy atom. The van der Waals surface area contributed by atoms with Crippen molar-refractivity contribution in [3.8, 4) is 5.75 Å². The van der Waals surface area contributed by atoms with Gasteiger partial charge in [0.15, 0.2) is 12.4 Å². The number of benzene rings is 1. The lowest BCUT2D eigenvalue weighted by molar-refractivity contribution is -0.125. The van der Waals surface area contributed by atoms with Crippen LogP contribution in [0.3, 0.4) is 0 Å². The zero-order valence-corrected chi connectivity index (χ0v) is 12.4. The molecule has 3 rings (SSSR count). The molecule has 0 bridgehead atoms. The highest BCUT2D eigenvalue weighted by Crippen LogP contribution is 2.39. The molecule has 0 radical (unpaired) electrons. The predicted molar refractivity (Wildman–Crippen MR) is 76.7 cm³/mol. The summed E-state index contributed by atoms with van der Waals surface area (Å²) in [6.45, 7) is 1.34. The Labute approximate surface area is 130 Å². The van der Waals surface area contributed by atoms with E-state index < -0.39 is 30.0 Å². The Hall–Kier alpha value is -2.84. The number of carbonyl (C=O) groups excluding carboxylic acids is 3. The summed E-state index contributed by atoms with van der Waals surface area (Å²) in [5.41, 5.74) is 5.33. The van der Waals surface area contributed by atoms with Crippen LogP contribution in [0.5, 0.6) is 5.75 Å². The molecule has 1 unspecified atom stereocenters. The molecule has 2 N–H and O–H groups in total. The summed E-state index contributed by atoms with van der Waals surface area (Å²) >= 11 is 0. The van der Waals surface area contributed by atoms with Crippen LogP contribution < -0.4 is 20.3 Å². The van der Waals surface area contributed by atoms with Crippen LogP contribution in [0, 0.1) is 5.82 Å². The lowest BCUT2D eigenvalue weighted by Gasteiger charge is -2.28. The van der Waals surface area contributed by atoms with Gasteiger partial charge in [-0.1, -0.05) is 0 Å². The normalized spacial score (nSPS) is 23.4. The number of likely N-dealkylation sites (N-methyl/N-ethyl adjacent to an activating group) is 1. The summed E-state index contributed by atoms with van der Waals surface area (Å²) in [4.78, 5) is 37.1.